The highest BCUT2D eigenvalue weighted by Crippen LogP contribution is 2.35. The van der Waals surface area contributed by atoms with E-state index in [2.05, 4.69) is 39.5 Å². The number of nitrogens with zero attached hydrogens (tertiary/aromatic N) is 1. The summed E-state index contributed by atoms with van der Waals surface area (Å²) in [5.74, 6) is -0.951. The standard InChI is InChI=1S/C19H12ClF2IN2/c1-2-4-16-24-10-9-15(25-16)11-5-3-6-14(23)17(11)12-7-8-13(21)18(20)19(12)22/h2-10,24H,1H2/b16-4+. The molecule has 0 atom stereocenters. The van der Waals surface area contributed by atoms with Crippen LogP contribution in [0.15, 0.2) is 72.2 Å². The maximum Gasteiger partial charge on any atom is 0.152 e. The minimum Gasteiger partial charge on any atom is -0.347 e. The Morgan fingerprint density at radius 2 is 1.96 bits per heavy atom. The number of aliphatic imine (C=N–C) groups is 1. The predicted molar refractivity (Wildman–Crippen MR) is 107 cm³/mol. The zero-order valence-electron chi connectivity index (χ0n) is 12.9. The average Bonchev–Trinajstić information content (AvgIpc) is 2.61. The van der Waals surface area contributed by atoms with Crippen LogP contribution in [0, 0.1) is 15.2 Å². The Hall–Kier alpha value is -1.99. The molecule has 0 amide bonds. The molecular formula is C19H12ClF2IN2. The van der Waals surface area contributed by atoms with Crippen molar-refractivity contribution in [1.82, 2.24) is 5.32 Å². The number of rotatable bonds is 3. The summed E-state index contributed by atoms with van der Waals surface area (Å²) in [5.41, 5.74) is 2.22. The first-order valence-corrected chi connectivity index (χ1v) is 8.76. The van der Waals surface area contributed by atoms with Crippen LogP contribution in [0.1, 0.15) is 5.56 Å². The first-order valence-electron chi connectivity index (χ1n) is 7.30. The van der Waals surface area contributed by atoms with Gasteiger partial charge in [-0.05, 0) is 52.9 Å². The van der Waals surface area contributed by atoms with Gasteiger partial charge >= 0.3 is 0 Å². The molecule has 25 heavy (non-hydrogen) atoms. The zero-order valence-corrected chi connectivity index (χ0v) is 15.8. The van der Waals surface area contributed by atoms with Crippen LogP contribution in [0.2, 0.25) is 5.02 Å². The second-order valence-electron chi connectivity index (χ2n) is 5.15. The topological polar surface area (TPSA) is 24.4 Å². The minimum absolute atomic E-state index is 0.232. The number of allylic oxidation sites excluding steroid dienone is 3. The van der Waals surface area contributed by atoms with E-state index in [1.54, 1.807) is 24.4 Å². The average molecular weight is 469 g/mol. The normalized spacial score (nSPS) is 15.0. The highest BCUT2D eigenvalue weighted by molar-refractivity contribution is 14.1. The van der Waals surface area contributed by atoms with Crippen molar-refractivity contribution in [3.63, 3.8) is 0 Å². The fraction of sp³-hybridized carbons (Fsp3) is 0. The summed E-state index contributed by atoms with van der Waals surface area (Å²) < 4.78 is 28.9. The van der Waals surface area contributed by atoms with Crippen molar-refractivity contribution < 1.29 is 8.78 Å². The Kier molecular flexibility index (Phi) is 5.34. The number of hydrogen-bond acceptors (Lipinski definition) is 2. The smallest absolute Gasteiger partial charge is 0.152 e. The highest BCUT2D eigenvalue weighted by Gasteiger charge is 2.20. The van der Waals surface area contributed by atoms with Gasteiger partial charge in [-0.25, -0.2) is 13.8 Å². The Morgan fingerprint density at radius 3 is 2.72 bits per heavy atom. The summed E-state index contributed by atoms with van der Waals surface area (Å²) in [6, 6.07) is 8.11. The van der Waals surface area contributed by atoms with Gasteiger partial charge in [0, 0.05) is 26.5 Å². The Balaban J connectivity index is 2.24. The second-order valence-corrected chi connectivity index (χ2v) is 6.69. The highest BCUT2D eigenvalue weighted by atomic mass is 127. The summed E-state index contributed by atoms with van der Waals surface area (Å²) in [7, 11) is 0. The van der Waals surface area contributed by atoms with Gasteiger partial charge in [0.05, 0.1) is 5.71 Å². The Morgan fingerprint density at radius 1 is 1.16 bits per heavy atom. The molecule has 1 N–H and O–H groups in total. The number of benzene rings is 2. The van der Waals surface area contributed by atoms with Gasteiger partial charge in [0.25, 0.3) is 0 Å². The molecular weight excluding hydrogens is 457 g/mol. The van der Waals surface area contributed by atoms with Crippen LogP contribution in [0.4, 0.5) is 8.78 Å². The van der Waals surface area contributed by atoms with Crippen molar-refractivity contribution in [2.75, 3.05) is 0 Å². The van der Waals surface area contributed by atoms with E-state index >= 15 is 0 Å². The van der Waals surface area contributed by atoms with E-state index in [1.165, 1.54) is 6.07 Å². The van der Waals surface area contributed by atoms with E-state index in [9.17, 15) is 8.78 Å². The van der Waals surface area contributed by atoms with E-state index in [0.29, 0.717) is 17.1 Å². The van der Waals surface area contributed by atoms with Gasteiger partial charge in [-0.1, -0.05) is 36.4 Å². The van der Waals surface area contributed by atoms with Crippen LogP contribution in [0.25, 0.3) is 11.1 Å². The van der Waals surface area contributed by atoms with Gasteiger partial charge in [-0.15, -0.1) is 0 Å². The van der Waals surface area contributed by atoms with E-state index in [-0.39, 0.29) is 5.56 Å². The zero-order chi connectivity index (χ0) is 18.0. The van der Waals surface area contributed by atoms with Gasteiger partial charge in [0.15, 0.2) is 5.82 Å². The van der Waals surface area contributed by atoms with Crippen molar-refractivity contribution in [2.45, 2.75) is 0 Å². The van der Waals surface area contributed by atoms with Gasteiger partial charge in [0.2, 0.25) is 0 Å². The van der Waals surface area contributed by atoms with Gasteiger partial charge in [0.1, 0.15) is 16.7 Å². The summed E-state index contributed by atoms with van der Waals surface area (Å²) >= 11 is 7.88. The van der Waals surface area contributed by atoms with Crippen LogP contribution >= 0.6 is 34.2 Å². The van der Waals surface area contributed by atoms with E-state index in [1.807, 2.05) is 18.2 Å². The van der Waals surface area contributed by atoms with Crippen LogP contribution < -0.4 is 5.32 Å². The quantitative estimate of drug-likeness (QED) is 0.445. The lowest BCUT2D eigenvalue weighted by atomic mass is 9.95. The summed E-state index contributed by atoms with van der Waals surface area (Å²) in [5, 5.41) is 2.48. The summed E-state index contributed by atoms with van der Waals surface area (Å²) in [4.78, 5) is 4.51. The van der Waals surface area contributed by atoms with E-state index in [4.69, 9.17) is 11.6 Å². The van der Waals surface area contributed by atoms with Crippen molar-refractivity contribution in [3.8, 4) is 11.1 Å². The lowest BCUT2D eigenvalue weighted by Gasteiger charge is -2.16. The fourth-order valence-electron chi connectivity index (χ4n) is 2.48. The largest absolute Gasteiger partial charge is 0.347 e. The van der Waals surface area contributed by atoms with Crippen molar-refractivity contribution >= 4 is 39.9 Å². The molecule has 1 aliphatic rings. The summed E-state index contributed by atoms with van der Waals surface area (Å²) in [6.45, 7) is 3.65. The molecule has 0 aliphatic carbocycles. The molecule has 0 unspecified atom stereocenters. The molecule has 1 heterocycles. The molecule has 2 aromatic rings. The second kappa shape index (κ2) is 7.49. The van der Waals surface area contributed by atoms with Gasteiger partial charge in [-0.2, -0.15) is 0 Å². The molecule has 3 rings (SSSR count). The first-order chi connectivity index (χ1) is 12.0. The maximum absolute atomic E-state index is 14.6. The molecule has 0 saturated carbocycles. The van der Waals surface area contributed by atoms with Crippen molar-refractivity contribution in [2.24, 2.45) is 4.99 Å². The van der Waals surface area contributed by atoms with Gasteiger partial charge in [-0.3, -0.25) is 0 Å². The lowest BCUT2D eigenvalue weighted by molar-refractivity contribution is 0.586. The van der Waals surface area contributed by atoms with Crippen LogP contribution in [-0.4, -0.2) is 5.71 Å². The minimum atomic E-state index is -0.786. The molecule has 2 nitrogen and oxygen atoms in total. The molecule has 0 saturated heterocycles. The molecule has 2 aromatic carbocycles. The SMILES string of the molecule is C=C/C=C1/N=C(c2cccc(I)c2-c2ccc(F)c(Cl)c2F)C=CN1. The monoisotopic (exact) mass is 468 g/mol. The molecule has 6 heteroatoms. The van der Waals surface area contributed by atoms with Crippen LogP contribution in [0.5, 0.6) is 0 Å². The Labute approximate surface area is 162 Å². The third-order valence-corrected chi connectivity index (χ3v) is 4.83. The van der Waals surface area contributed by atoms with Crippen molar-refractivity contribution in [1.29, 1.82) is 0 Å². The number of nitrogens with one attached hydrogen (secondary N) is 1. The molecule has 1 aliphatic heterocycles. The number of hydrogen-bond donors (Lipinski definition) is 1. The molecule has 0 radical (unpaired) electrons. The number of halogens is 4. The van der Waals surface area contributed by atoms with Crippen LogP contribution in [-0.2, 0) is 0 Å². The fourth-order valence-corrected chi connectivity index (χ4v) is 3.44. The first kappa shape index (κ1) is 17.8. The molecule has 0 fully saturated rings. The van der Waals surface area contributed by atoms with Crippen LogP contribution in [0.3, 0.4) is 0 Å². The lowest BCUT2D eigenvalue weighted by Crippen LogP contribution is -2.13. The third kappa shape index (κ3) is 3.52. The maximum atomic E-state index is 14.6. The molecule has 0 spiro atoms. The molecule has 0 bridgehead atoms. The third-order valence-electron chi connectivity index (χ3n) is 3.58. The molecule has 0 aromatic heterocycles. The van der Waals surface area contributed by atoms with E-state index in [0.717, 1.165) is 15.2 Å². The van der Waals surface area contributed by atoms with Crippen molar-refractivity contribution in [3.05, 3.63) is 93.0 Å². The van der Waals surface area contributed by atoms with E-state index < -0.39 is 16.7 Å². The van der Waals surface area contributed by atoms with Gasteiger partial charge < -0.3 is 5.32 Å². The predicted octanol–water partition coefficient (Wildman–Crippen LogP) is 5.82. The Bertz CT molecular complexity index is 949. The summed E-state index contributed by atoms with van der Waals surface area (Å²) in [6.07, 6.45) is 6.89. The molecule has 126 valence electrons.